The Morgan fingerprint density at radius 2 is 1.93 bits per heavy atom. The average Bonchev–Trinajstić information content (AvgIpc) is 2.61. The molecule has 0 aliphatic heterocycles. The van der Waals surface area contributed by atoms with Gasteiger partial charge >= 0.3 is 0 Å². The first-order valence-electron chi connectivity index (χ1n) is 4.54. The van der Waals surface area contributed by atoms with E-state index in [2.05, 4.69) is 5.10 Å². The van der Waals surface area contributed by atoms with Crippen LogP contribution >= 0.6 is 11.6 Å². The molecule has 0 radical (unpaired) electrons. The van der Waals surface area contributed by atoms with Gasteiger partial charge in [0.2, 0.25) is 5.88 Å². The van der Waals surface area contributed by atoms with E-state index in [-0.39, 0.29) is 0 Å². The third kappa shape index (κ3) is 1.97. The van der Waals surface area contributed by atoms with Crippen molar-refractivity contribution in [3.05, 3.63) is 35.4 Å². The number of benzene rings is 1. The fraction of sp³-hybridized carbons (Fsp3) is 0.182. The summed E-state index contributed by atoms with van der Waals surface area (Å²) in [6.07, 6.45) is 0. The summed E-state index contributed by atoms with van der Waals surface area (Å²) in [6, 6.07) is 9.45. The number of ether oxygens (including phenoxy) is 1. The van der Waals surface area contributed by atoms with Gasteiger partial charge < -0.3 is 4.74 Å². The lowest BCUT2D eigenvalue weighted by Gasteiger charge is -1.95. The minimum Gasteiger partial charge on any atom is -0.481 e. The van der Waals surface area contributed by atoms with Crippen molar-refractivity contribution in [2.24, 2.45) is 7.05 Å². The fourth-order valence-corrected chi connectivity index (χ4v) is 1.53. The molecule has 0 atom stereocenters. The van der Waals surface area contributed by atoms with Crippen molar-refractivity contribution in [1.29, 1.82) is 0 Å². The second kappa shape index (κ2) is 3.95. The molecular formula is C11H11ClN2O. The van der Waals surface area contributed by atoms with Gasteiger partial charge in [0.05, 0.1) is 12.8 Å². The molecule has 1 aromatic carbocycles. The zero-order chi connectivity index (χ0) is 10.8. The van der Waals surface area contributed by atoms with Crippen molar-refractivity contribution < 1.29 is 4.74 Å². The van der Waals surface area contributed by atoms with Crippen LogP contribution in [0.1, 0.15) is 0 Å². The van der Waals surface area contributed by atoms with Gasteiger partial charge in [-0.2, -0.15) is 5.10 Å². The molecule has 4 heteroatoms. The molecule has 0 fully saturated rings. The fourth-order valence-electron chi connectivity index (χ4n) is 1.40. The number of halogens is 1. The zero-order valence-corrected chi connectivity index (χ0v) is 9.32. The SMILES string of the molecule is COc1cc(-c2ccc(Cl)cc2)nn1C. The highest BCUT2D eigenvalue weighted by Gasteiger charge is 2.06. The largest absolute Gasteiger partial charge is 0.481 e. The molecule has 15 heavy (non-hydrogen) atoms. The van der Waals surface area contributed by atoms with E-state index in [0.29, 0.717) is 0 Å². The number of hydrogen-bond acceptors (Lipinski definition) is 2. The van der Waals surface area contributed by atoms with E-state index in [1.165, 1.54) is 0 Å². The van der Waals surface area contributed by atoms with Gasteiger partial charge in [-0.05, 0) is 12.1 Å². The molecule has 1 aromatic heterocycles. The monoisotopic (exact) mass is 222 g/mol. The number of hydrogen-bond donors (Lipinski definition) is 0. The average molecular weight is 223 g/mol. The van der Waals surface area contributed by atoms with Gasteiger partial charge in [-0.25, -0.2) is 4.68 Å². The second-order valence-electron chi connectivity index (χ2n) is 3.20. The predicted octanol–water partition coefficient (Wildman–Crippen LogP) is 2.75. The van der Waals surface area contributed by atoms with E-state index >= 15 is 0 Å². The maximum absolute atomic E-state index is 5.81. The van der Waals surface area contributed by atoms with Crippen LogP contribution in [0.2, 0.25) is 5.02 Å². The first-order chi connectivity index (χ1) is 7.20. The Hall–Kier alpha value is -1.48. The molecule has 0 aliphatic rings. The Balaban J connectivity index is 2.41. The third-order valence-corrected chi connectivity index (χ3v) is 2.44. The van der Waals surface area contributed by atoms with Crippen LogP contribution < -0.4 is 4.74 Å². The van der Waals surface area contributed by atoms with Crippen molar-refractivity contribution in [3.8, 4) is 17.1 Å². The quantitative estimate of drug-likeness (QED) is 0.781. The Morgan fingerprint density at radius 3 is 2.47 bits per heavy atom. The number of methoxy groups -OCH3 is 1. The lowest BCUT2D eigenvalue weighted by molar-refractivity contribution is 0.373. The molecule has 0 aliphatic carbocycles. The normalized spacial score (nSPS) is 10.3. The van der Waals surface area contributed by atoms with Crippen molar-refractivity contribution in [2.45, 2.75) is 0 Å². The van der Waals surface area contributed by atoms with Gasteiger partial charge in [0, 0.05) is 23.7 Å². The summed E-state index contributed by atoms with van der Waals surface area (Å²) in [4.78, 5) is 0. The summed E-state index contributed by atoms with van der Waals surface area (Å²) in [5, 5.41) is 5.05. The minimum atomic E-state index is 0.724. The molecule has 2 rings (SSSR count). The Bertz CT molecular complexity index is 462. The van der Waals surface area contributed by atoms with E-state index in [4.69, 9.17) is 16.3 Å². The van der Waals surface area contributed by atoms with Crippen molar-refractivity contribution in [1.82, 2.24) is 9.78 Å². The van der Waals surface area contributed by atoms with E-state index < -0.39 is 0 Å². The molecule has 0 saturated carbocycles. The highest BCUT2D eigenvalue weighted by atomic mass is 35.5. The predicted molar refractivity (Wildman–Crippen MR) is 60.2 cm³/mol. The Labute approximate surface area is 93.2 Å². The third-order valence-electron chi connectivity index (χ3n) is 2.19. The minimum absolute atomic E-state index is 0.724. The Kier molecular flexibility index (Phi) is 2.64. The van der Waals surface area contributed by atoms with Gasteiger partial charge in [0.15, 0.2) is 0 Å². The summed E-state index contributed by atoms with van der Waals surface area (Å²) < 4.78 is 6.84. The highest BCUT2D eigenvalue weighted by molar-refractivity contribution is 6.30. The molecule has 0 unspecified atom stereocenters. The molecule has 2 aromatic rings. The van der Waals surface area contributed by atoms with Crippen LogP contribution in [0.3, 0.4) is 0 Å². The van der Waals surface area contributed by atoms with Gasteiger partial charge in [-0.1, -0.05) is 23.7 Å². The molecule has 78 valence electrons. The van der Waals surface area contributed by atoms with Crippen LogP contribution in [0, 0.1) is 0 Å². The molecule has 0 saturated heterocycles. The molecular weight excluding hydrogens is 212 g/mol. The van der Waals surface area contributed by atoms with Crippen LogP contribution in [0.5, 0.6) is 5.88 Å². The van der Waals surface area contributed by atoms with Crippen molar-refractivity contribution >= 4 is 11.6 Å². The second-order valence-corrected chi connectivity index (χ2v) is 3.64. The van der Waals surface area contributed by atoms with Crippen LogP contribution in [-0.2, 0) is 7.05 Å². The van der Waals surface area contributed by atoms with Crippen molar-refractivity contribution in [2.75, 3.05) is 7.11 Å². The number of nitrogens with zero attached hydrogens (tertiary/aromatic N) is 2. The maximum Gasteiger partial charge on any atom is 0.211 e. The number of rotatable bonds is 2. The molecule has 0 bridgehead atoms. The van der Waals surface area contributed by atoms with Crippen molar-refractivity contribution in [3.63, 3.8) is 0 Å². The zero-order valence-electron chi connectivity index (χ0n) is 8.57. The standard InChI is InChI=1S/C11H11ClN2O/c1-14-11(15-2)7-10(13-14)8-3-5-9(12)6-4-8/h3-7H,1-2H3. The molecule has 1 heterocycles. The number of aryl methyl sites for hydroxylation is 1. The van der Waals surface area contributed by atoms with E-state index in [1.54, 1.807) is 11.8 Å². The van der Waals surface area contributed by atoms with E-state index in [9.17, 15) is 0 Å². The lowest BCUT2D eigenvalue weighted by atomic mass is 10.2. The van der Waals surface area contributed by atoms with E-state index in [1.807, 2.05) is 37.4 Å². The summed E-state index contributed by atoms with van der Waals surface area (Å²) >= 11 is 5.81. The van der Waals surface area contributed by atoms with Crippen LogP contribution in [0.15, 0.2) is 30.3 Å². The highest BCUT2D eigenvalue weighted by Crippen LogP contribution is 2.23. The first kappa shape index (κ1) is 10.1. The lowest BCUT2D eigenvalue weighted by Crippen LogP contribution is -1.94. The summed E-state index contributed by atoms with van der Waals surface area (Å²) in [7, 11) is 3.47. The van der Waals surface area contributed by atoms with Gasteiger partial charge in [-0.3, -0.25) is 0 Å². The summed E-state index contributed by atoms with van der Waals surface area (Å²) in [5.41, 5.74) is 1.91. The topological polar surface area (TPSA) is 27.1 Å². The molecule has 3 nitrogen and oxygen atoms in total. The number of aromatic nitrogens is 2. The maximum atomic E-state index is 5.81. The summed E-state index contributed by atoms with van der Waals surface area (Å²) in [6.45, 7) is 0. The smallest absolute Gasteiger partial charge is 0.211 e. The molecule has 0 N–H and O–H groups in total. The first-order valence-corrected chi connectivity index (χ1v) is 4.92. The van der Waals surface area contributed by atoms with Gasteiger partial charge in [0.25, 0.3) is 0 Å². The van der Waals surface area contributed by atoms with Gasteiger partial charge in [-0.15, -0.1) is 0 Å². The van der Waals surface area contributed by atoms with Crippen LogP contribution in [0.25, 0.3) is 11.3 Å². The van der Waals surface area contributed by atoms with Crippen LogP contribution in [-0.4, -0.2) is 16.9 Å². The molecule has 0 amide bonds. The van der Waals surface area contributed by atoms with Gasteiger partial charge in [0.1, 0.15) is 0 Å². The van der Waals surface area contributed by atoms with E-state index in [0.717, 1.165) is 22.2 Å². The Morgan fingerprint density at radius 1 is 1.27 bits per heavy atom. The molecule has 0 spiro atoms. The summed E-state index contributed by atoms with van der Waals surface area (Å²) in [5.74, 6) is 0.736. The van der Waals surface area contributed by atoms with Crippen LogP contribution in [0.4, 0.5) is 0 Å².